The van der Waals surface area contributed by atoms with Crippen molar-refractivity contribution < 1.29 is 28.9 Å². The number of para-hydroxylation sites is 2. The third-order valence-electron chi connectivity index (χ3n) is 3.53. The summed E-state index contributed by atoms with van der Waals surface area (Å²) in [5, 5.41) is 12.7. The van der Waals surface area contributed by atoms with Gasteiger partial charge in [-0.25, -0.2) is 0 Å². The van der Waals surface area contributed by atoms with Crippen LogP contribution in [0.15, 0.2) is 48.5 Å². The van der Waals surface area contributed by atoms with Crippen LogP contribution in [0.4, 0.5) is 5.69 Å². The van der Waals surface area contributed by atoms with E-state index in [1.807, 2.05) is 0 Å². The molecule has 2 aromatic rings. The largest absolute Gasteiger partial charge is 0.507 e. The van der Waals surface area contributed by atoms with Crippen molar-refractivity contribution in [2.75, 3.05) is 26.6 Å². The van der Waals surface area contributed by atoms with Crippen molar-refractivity contribution in [1.82, 2.24) is 0 Å². The Balaban J connectivity index is 2.23. The minimum Gasteiger partial charge on any atom is -0.507 e. The van der Waals surface area contributed by atoms with E-state index in [9.17, 15) is 14.7 Å². The van der Waals surface area contributed by atoms with Crippen LogP contribution >= 0.6 is 0 Å². The molecule has 1 amide bonds. The Labute approximate surface area is 150 Å². The van der Waals surface area contributed by atoms with Crippen molar-refractivity contribution in [3.05, 3.63) is 54.1 Å². The van der Waals surface area contributed by atoms with Gasteiger partial charge in [-0.2, -0.15) is 0 Å². The van der Waals surface area contributed by atoms with Gasteiger partial charge in [-0.3, -0.25) is 9.59 Å². The number of methoxy groups -OCH3 is 3. The SMILES string of the molecule is COc1ccc(OC)c(C(O)=CC(=O)C(=O)Nc2ccccc2OC)c1. The van der Waals surface area contributed by atoms with Crippen molar-refractivity contribution >= 4 is 23.1 Å². The average molecular weight is 357 g/mol. The lowest BCUT2D eigenvalue weighted by Crippen LogP contribution is -2.21. The van der Waals surface area contributed by atoms with E-state index in [0.29, 0.717) is 22.9 Å². The van der Waals surface area contributed by atoms with E-state index in [0.717, 1.165) is 6.08 Å². The normalized spacial score (nSPS) is 10.8. The van der Waals surface area contributed by atoms with Gasteiger partial charge in [-0.15, -0.1) is 0 Å². The summed E-state index contributed by atoms with van der Waals surface area (Å²) in [6.45, 7) is 0. The molecule has 26 heavy (non-hydrogen) atoms. The van der Waals surface area contributed by atoms with Crippen LogP contribution in [-0.4, -0.2) is 38.1 Å². The molecule has 2 aromatic carbocycles. The molecule has 0 aliphatic carbocycles. The first-order valence-corrected chi connectivity index (χ1v) is 7.61. The standard InChI is InChI=1S/C19H19NO6/c1-24-12-8-9-17(25-2)13(10-12)15(21)11-16(22)19(23)20-14-6-4-5-7-18(14)26-3/h4-11,21H,1-3H3,(H,20,23). The minimum atomic E-state index is -0.932. The second-order valence-corrected chi connectivity index (χ2v) is 5.11. The van der Waals surface area contributed by atoms with Crippen LogP contribution in [0.2, 0.25) is 0 Å². The Morgan fingerprint density at radius 3 is 2.31 bits per heavy atom. The van der Waals surface area contributed by atoms with Crippen molar-refractivity contribution in [3.8, 4) is 17.2 Å². The number of amides is 1. The van der Waals surface area contributed by atoms with Crippen molar-refractivity contribution in [2.45, 2.75) is 0 Å². The molecule has 0 unspecified atom stereocenters. The topological polar surface area (TPSA) is 94.1 Å². The number of aliphatic hydroxyl groups is 1. The lowest BCUT2D eigenvalue weighted by atomic mass is 10.1. The van der Waals surface area contributed by atoms with Gasteiger partial charge in [0.25, 0.3) is 5.91 Å². The van der Waals surface area contributed by atoms with E-state index in [4.69, 9.17) is 14.2 Å². The molecule has 0 aliphatic rings. The zero-order chi connectivity index (χ0) is 19.1. The number of hydrogen-bond donors (Lipinski definition) is 2. The monoisotopic (exact) mass is 357 g/mol. The quantitative estimate of drug-likeness (QED) is 0.450. The molecule has 0 spiro atoms. The summed E-state index contributed by atoms with van der Waals surface area (Å²) in [6.07, 6.45) is 0.821. The first kappa shape index (κ1) is 18.9. The lowest BCUT2D eigenvalue weighted by Gasteiger charge is -2.10. The molecular formula is C19H19NO6. The summed E-state index contributed by atoms with van der Waals surface area (Å²) in [6, 6.07) is 11.4. The number of carbonyl (C=O) groups is 2. The highest BCUT2D eigenvalue weighted by molar-refractivity contribution is 6.45. The number of nitrogens with one attached hydrogen (secondary N) is 1. The number of carbonyl (C=O) groups excluding carboxylic acids is 2. The third-order valence-corrected chi connectivity index (χ3v) is 3.53. The zero-order valence-corrected chi connectivity index (χ0v) is 14.6. The van der Waals surface area contributed by atoms with Gasteiger partial charge in [0.05, 0.1) is 32.6 Å². The van der Waals surface area contributed by atoms with Crippen molar-refractivity contribution in [1.29, 1.82) is 0 Å². The third kappa shape index (κ3) is 4.32. The molecule has 0 aromatic heterocycles. The van der Waals surface area contributed by atoms with Gasteiger partial charge in [0, 0.05) is 6.08 Å². The molecule has 2 rings (SSSR count). The number of hydrogen-bond acceptors (Lipinski definition) is 6. The van der Waals surface area contributed by atoms with Gasteiger partial charge in [-0.05, 0) is 30.3 Å². The Bertz CT molecular complexity index is 844. The fourth-order valence-corrected chi connectivity index (χ4v) is 2.21. The molecule has 0 aliphatic heterocycles. The second-order valence-electron chi connectivity index (χ2n) is 5.11. The maximum Gasteiger partial charge on any atom is 0.296 e. The number of rotatable bonds is 7. The number of ketones is 1. The van der Waals surface area contributed by atoms with Crippen LogP contribution in [0.1, 0.15) is 5.56 Å². The summed E-state index contributed by atoms with van der Waals surface area (Å²) >= 11 is 0. The van der Waals surface area contributed by atoms with Gasteiger partial charge >= 0.3 is 0 Å². The van der Waals surface area contributed by atoms with Crippen LogP contribution in [0.3, 0.4) is 0 Å². The highest BCUT2D eigenvalue weighted by atomic mass is 16.5. The molecular weight excluding hydrogens is 338 g/mol. The molecule has 0 saturated heterocycles. The van der Waals surface area contributed by atoms with Crippen LogP contribution in [0.5, 0.6) is 17.2 Å². The summed E-state index contributed by atoms with van der Waals surface area (Å²) in [5.41, 5.74) is 0.575. The number of anilines is 1. The molecule has 0 bridgehead atoms. The molecule has 0 fully saturated rings. The first-order valence-electron chi connectivity index (χ1n) is 7.61. The Morgan fingerprint density at radius 1 is 0.962 bits per heavy atom. The second kappa shape index (κ2) is 8.57. The number of benzene rings is 2. The molecule has 0 heterocycles. The molecule has 7 heteroatoms. The molecule has 136 valence electrons. The summed E-state index contributed by atoms with van der Waals surface area (Å²) in [4.78, 5) is 24.2. The molecule has 7 nitrogen and oxygen atoms in total. The Morgan fingerprint density at radius 2 is 1.65 bits per heavy atom. The zero-order valence-electron chi connectivity index (χ0n) is 14.6. The number of ether oxygens (including phenoxy) is 3. The highest BCUT2D eigenvalue weighted by Gasteiger charge is 2.17. The molecule has 2 N–H and O–H groups in total. The fraction of sp³-hybridized carbons (Fsp3) is 0.158. The lowest BCUT2D eigenvalue weighted by molar-refractivity contribution is -0.132. The van der Waals surface area contributed by atoms with E-state index < -0.39 is 17.4 Å². The van der Waals surface area contributed by atoms with Gasteiger partial charge in [0.2, 0.25) is 5.78 Å². The summed E-state index contributed by atoms with van der Waals surface area (Å²) in [7, 11) is 4.35. The molecule has 0 saturated carbocycles. The molecule has 0 radical (unpaired) electrons. The van der Waals surface area contributed by atoms with Crippen LogP contribution in [-0.2, 0) is 9.59 Å². The summed E-state index contributed by atoms with van der Waals surface area (Å²) in [5.74, 6) is -1.05. The summed E-state index contributed by atoms with van der Waals surface area (Å²) < 4.78 is 15.3. The van der Waals surface area contributed by atoms with Crippen LogP contribution in [0, 0.1) is 0 Å². The van der Waals surface area contributed by atoms with Crippen molar-refractivity contribution in [3.63, 3.8) is 0 Å². The first-order chi connectivity index (χ1) is 12.5. The van der Waals surface area contributed by atoms with Crippen molar-refractivity contribution in [2.24, 2.45) is 0 Å². The minimum absolute atomic E-state index is 0.227. The maximum absolute atomic E-state index is 12.1. The van der Waals surface area contributed by atoms with E-state index in [-0.39, 0.29) is 5.56 Å². The predicted octanol–water partition coefficient (Wildman–Crippen LogP) is 2.82. The Kier molecular flexibility index (Phi) is 6.21. The van der Waals surface area contributed by atoms with Gasteiger partial charge in [0.1, 0.15) is 23.0 Å². The van der Waals surface area contributed by atoms with Gasteiger partial charge in [0.15, 0.2) is 0 Å². The van der Waals surface area contributed by atoms with Crippen LogP contribution in [0.25, 0.3) is 5.76 Å². The van der Waals surface area contributed by atoms with Crippen LogP contribution < -0.4 is 19.5 Å². The van der Waals surface area contributed by atoms with E-state index in [2.05, 4.69) is 5.32 Å². The maximum atomic E-state index is 12.1. The van der Waals surface area contributed by atoms with E-state index in [1.54, 1.807) is 36.4 Å². The molecule has 0 atom stereocenters. The van der Waals surface area contributed by atoms with E-state index >= 15 is 0 Å². The average Bonchev–Trinajstić information content (AvgIpc) is 2.67. The predicted molar refractivity (Wildman–Crippen MR) is 96.8 cm³/mol. The Hall–Kier alpha value is -3.48. The van der Waals surface area contributed by atoms with Gasteiger partial charge in [-0.1, -0.05) is 12.1 Å². The fourth-order valence-electron chi connectivity index (χ4n) is 2.21. The van der Waals surface area contributed by atoms with Gasteiger partial charge < -0.3 is 24.6 Å². The number of aliphatic hydroxyl groups excluding tert-OH is 1. The van der Waals surface area contributed by atoms with E-state index in [1.165, 1.54) is 27.4 Å². The highest BCUT2D eigenvalue weighted by Crippen LogP contribution is 2.29. The smallest absolute Gasteiger partial charge is 0.296 e.